The van der Waals surface area contributed by atoms with Crippen LogP contribution in [0.25, 0.3) is 0 Å². The van der Waals surface area contributed by atoms with Crippen molar-refractivity contribution in [1.29, 1.82) is 0 Å². The van der Waals surface area contributed by atoms with Gasteiger partial charge in [-0.25, -0.2) is 0 Å². The first-order valence-electron chi connectivity index (χ1n) is 4.19. The summed E-state index contributed by atoms with van der Waals surface area (Å²) in [4.78, 5) is 11.3. The van der Waals surface area contributed by atoms with Gasteiger partial charge in [0.15, 0.2) is 0 Å². The molecule has 0 atom stereocenters. The Hall–Kier alpha value is -0.480. The Morgan fingerprint density at radius 2 is 1.80 bits per heavy atom. The second kappa shape index (κ2) is 5.56. The van der Waals surface area contributed by atoms with Gasteiger partial charge in [0.25, 0.3) is 0 Å². The van der Waals surface area contributed by atoms with Crippen LogP contribution in [0.15, 0.2) is 12.1 Å². The van der Waals surface area contributed by atoms with Crippen molar-refractivity contribution in [3.8, 4) is 0 Å². The van der Waals surface area contributed by atoms with E-state index >= 15 is 0 Å². The van der Waals surface area contributed by atoms with Gasteiger partial charge in [0.2, 0.25) is 5.91 Å². The van der Waals surface area contributed by atoms with Crippen LogP contribution in [0.4, 0.5) is 5.69 Å². The van der Waals surface area contributed by atoms with Crippen LogP contribution in [0.1, 0.15) is 6.42 Å². The molecule has 3 nitrogen and oxygen atoms in total. The zero-order valence-corrected chi connectivity index (χ0v) is 9.96. The van der Waals surface area contributed by atoms with Crippen LogP contribution in [-0.2, 0) is 4.79 Å². The average Bonchev–Trinajstić information content (AvgIpc) is 2.11. The zero-order valence-electron chi connectivity index (χ0n) is 7.69. The van der Waals surface area contributed by atoms with Crippen LogP contribution in [0.3, 0.4) is 0 Å². The Morgan fingerprint density at radius 3 is 2.27 bits per heavy atom. The molecule has 0 unspecified atom stereocenters. The summed E-state index contributed by atoms with van der Waals surface area (Å²) in [6, 6.07) is 3.01. The summed E-state index contributed by atoms with van der Waals surface area (Å²) in [5.74, 6) is -0.233. The first kappa shape index (κ1) is 12.6. The molecule has 0 saturated carbocycles. The zero-order chi connectivity index (χ0) is 11.4. The Balaban J connectivity index is 2.90. The largest absolute Gasteiger partial charge is 0.330 e. The summed E-state index contributed by atoms with van der Waals surface area (Å²) < 4.78 is 0. The quantitative estimate of drug-likeness (QED) is 0.885. The minimum atomic E-state index is -0.233. The van der Waals surface area contributed by atoms with Gasteiger partial charge < -0.3 is 11.1 Å². The molecule has 1 aromatic carbocycles. The SMILES string of the molecule is NCCC(=O)Nc1c(Cl)cc(Cl)cc1Cl. The number of hydrogen-bond acceptors (Lipinski definition) is 2. The van der Waals surface area contributed by atoms with Crippen molar-refractivity contribution in [2.24, 2.45) is 5.73 Å². The lowest BCUT2D eigenvalue weighted by Crippen LogP contribution is -2.16. The summed E-state index contributed by atoms with van der Waals surface area (Å²) in [5, 5.41) is 3.59. The molecule has 0 spiro atoms. The molecular formula is C9H9Cl3N2O. The molecule has 0 fully saturated rings. The van der Waals surface area contributed by atoms with E-state index in [1.807, 2.05) is 0 Å². The third-order valence-corrected chi connectivity index (χ3v) is 2.46. The highest BCUT2D eigenvalue weighted by molar-refractivity contribution is 6.42. The summed E-state index contributed by atoms with van der Waals surface area (Å²) in [6.07, 6.45) is 0.218. The lowest BCUT2D eigenvalue weighted by atomic mass is 10.3. The van der Waals surface area contributed by atoms with Crippen molar-refractivity contribution < 1.29 is 4.79 Å². The predicted molar refractivity (Wildman–Crippen MR) is 63.8 cm³/mol. The molecule has 82 valence electrons. The molecule has 1 rings (SSSR count). The van der Waals surface area contributed by atoms with E-state index in [9.17, 15) is 4.79 Å². The highest BCUT2D eigenvalue weighted by atomic mass is 35.5. The van der Waals surface area contributed by atoms with E-state index in [-0.39, 0.29) is 18.9 Å². The topological polar surface area (TPSA) is 55.1 Å². The van der Waals surface area contributed by atoms with Gasteiger partial charge >= 0.3 is 0 Å². The lowest BCUT2D eigenvalue weighted by Gasteiger charge is -2.09. The molecule has 15 heavy (non-hydrogen) atoms. The molecule has 0 saturated heterocycles. The molecule has 0 aliphatic heterocycles. The predicted octanol–water partition coefficient (Wildman–Crippen LogP) is 2.93. The van der Waals surface area contributed by atoms with Gasteiger partial charge in [-0.05, 0) is 12.1 Å². The molecule has 0 heterocycles. The molecule has 1 aromatic rings. The van der Waals surface area contributed by atoms with Crippen LogP contribution >= 0.6 is 34.8 Å². The minimum absolute atomic E-state index is 0.218. The monoisotopic (exact) mass is 266 g/mol. The normalized spacial score (nSPS) is 10.1. The van der Waals surface area contributed by atoms with Gasteiger partial charge in [0, 0.05) is 18.0 Å². The van der Waals surface area contributed by atoms with Gasteiger partial charge in [0.1, 0.15) is 0 Å². The molecule has 0 bridgehead atoms. The van der Waals surface area contributed by atoms with Crippen LogP contribution in [0.2, 0.25) is 15.1 Å². The Labute approximate surface area is 102 Å². The van der Waals surface area contributed by atoms with E-state index in [4.69, 9.17) is 40.5 Å². The van der Waals surface area contributed by atoms with Crippen molar-refractivity contribution in [2.75, 3.05) is 11.9 Å². The first-order valence-corrected chi connectivity index (χ1v) is 5.32. The van der Waals surface area contributed by atoms with E-state index in [1.165, 1.54) is 12.1 Å². The fourth-order valence-electron chi connectivity index (χ4n) is 0.995. The number of nitrogens with one attached hydrogen (secondary N) is 1. The molecule has 0 aliphatic carbocycles. The fourth-order valence-corrected chi connectivity index (χ4v) is 1.91. The maximum Gasteiger partial charge on any atom is 0.225 e. The second-order valence-corrected chi connectivity index (χ2v) is 4.08. The van der Waals surface area contributed by atoms with Gasteiger partial charge in [0.05, 0.1) is 15.7 Å². The Morgan fingerprint density at radius 1 is 1.27 bits per heavy atom. The van der Waals surface area contributed by atoms with E-state index < -0.39 is 0 Å². The Bertz CT molecular complexity index is 359. The number of nitrogens with two attached hydrogens (primary N) is 1. The molecule has 0 aliphatic rings. The minimum Gasteiger partial charge on any atom is -0.330 e. The number of carbonyl (C=O) groups excluding carboxylic acids is 1. The maximum absolute atomic E-state index is 11.3. The molecular weight excluding hydrogens is 258 g/mol. The van der Waals surface area contributed by atoms with Gasteiger partial charge in [-0.1, -0.05) is 34.8 Å². The molecule has 0 radical (unpaired) electrons. The van der Waals surface area contributed by atoms with Crippen LogP contribution in [-0.4, -0.2) is 12.5 Å². The smallest absolute Gasteiger partial charge is 0.225 e. The van der Waals surface area contributed by atoms with Crippen molar-refractivity contribution >= 4 is 46.4 Å². The molecule has 3 N–H and O–H groups in total. The van der Waals surface area contributed by atoms with E-state index in [0.29, 0.717) is 20.8 Å². The van der Waals surface area contributed by atoms with Crippen LogP contribution in [0, 0.1) is 0 Å². The maximum atomic E-state index is 11.3. The van der Waals surface area contributed by atoms with Crippen molar-refractivity contribution in [1.82, 2.24) is 0 Å². The van der Waals surface area contributed by atoms with Crippen molar-refractivity contribution in [3.05, 3.63) is 27.2 Å². The van der Waals surface area contributed by atoms with Crippen molar-refractivity contribution in [2.45, 2.75) is 6.42 Å². The standard InChI is InChI=1S/C9H9Cl3N2O/c10-5-3-6(11)9(7(12)4-5)14-8(15)1-2-13/h3-4H,1-2,13H2,(H,14,15). The number of hydrogen-bond donors (Lipinski definition) is 2. The number of halogens is 3. The van der Waals surface area contributed by atoms with E-state index in [2.05, 4.69) is 5.32 Å². The van der Waals surface area contributed by atoms with E-state index in [0.717, 1.165) is 0 Å². The van der Waals surface area contributed by atoms with Gasteiger partial charge in [-0.15, -0.1) is 0 Å². The van der Waals surface area contributed by atoms with E-state index in [1.54, 1.807) is 0 Å². The fraction of sp³-hybridized carbons (Fsp3) is 0.222. The number of benzene rings is 1. The third-order valence-electron chi connectivity index (χ3n) is 1.64. The summed E-state index contributed by atoms with van der Waals surface area (Å²) in [7, 11) is 0. The number of rotatable bonds is 3. The first-order chi connectivity index (χ1) is 7.04. The molecule has 1 amide bonds. The number of amides is 1. The summed E-state index contributed by atoms with van der Waals surface area (Å²) >= 11 is 17.4. The summed E-state index contributed by atoms with van der Waals surface area (Å²) in [6.45, 7) is 0.272. The molecule has 6 heteroatoms. The van der Waals surface area contributed by atoms with Gasteiger partial charge in [-0.3, -0.25) is 4.79 Å². The number of carbonyl (C=O) groups is 1. The highest BCUT2D eigenvalue weighted by Crippen LogP contribution is 2.33. The van der Waals surface area contributed by atoms with Crippen molar-refractivity contribution in [3.63, 3.8) is 0 Å². The third kappa shape index (κ3) is 3.54. The lowest BCUT2D eigenvalue weighted by molar-refractivity contribution is -0.116. The summed E-state index contributed by atoms with van der Waals surface area (Å²) in [5.41, 5.74) is 5.60. The molecule has 0 aromatic heterocycles. The van der Waals surface area contributed by atoms with Crippen LogP contribution < -0.4 is 11.1 Å². The second-order valence-electron chi connectivity index (χ2n) is 2.83. The Kier molecular flexibility index (Phi) is 4.67. The average molecular weight is 268 g/mol. The van der Waals surface area contributed by atoms with Crippen LogP contribution in [0.5, 0.6) is 0 Å². The number of anilines is 1. The van der Waals surface area contributed by atoms with Gasteiger partial charge in [-0.2, -0.15) is 0 Å². The highest BCUT2D eigenvalue weighted by Gasteiger charge is 2.10.